The standard InChI is InChI=1S/C16H20ClN7O/c1-2-3-6-19-15-22-13(18)12-14(23-15)24(16(25)21-12)9-10-4-5-11(7-17)20-8-10/h4-5,8H,2-3,6-7,9H2,1H3,(H,21,25)(H3,18,19,22,23). The van der Waals surface area contributed by atoms with Crippen molar-refractivity contribution in [1.29, 1.82) is 0 Å². The first kappa shape index (κ1) is 17.2. The second kappa shape index (κ2) is 7.52. The molecule has 3 aromatic rings. The highest BCUT2D eigenvalue weighted by Gasteiger charge is 2.14. The van der Waals surface area contributed by atoms with Crippen molar-refractivity contribution in [2.24, 2.45) is 0 Å². The van der Waals surface area contributed by atoms with Gasteiger partial charge in [-0.2, -0.15) is 9.97 Å². The molecule has 0 aliphatic rings. The fourth-order valence-corrected chi connectivity index (χ4v) is 2.62. The van der Waals surface area contributed by atoms with Gasteiger partial charge in [0.05, 0.1) is 18.1 Å². The van der Waals surface area contributed by atoms with Crippen LogP contribution in [0.1, 0.15) is 31.0 Å². The molecule has 3 aromatic heterocycles. The van der Waals surface area contributed by atoms with E-state index < -0.39 is 0 Å². The number of anilines is 2. The van der Waals surface area contributed by atoms with Crippen LogP contribution in [0.25, 0.3) is 11.2 Å². The number of nitrogens with two attached hydrogens (primary N) is 1. The number of imidazole rings is 1. The lowest BCUT2D eigenvalue weighted by molar-refractivity contribution is 0.772. The van der Waals surface area contributed by atoms with Crippen molar-refractivity contribution in [3.05, 3.63) is 40.1 Å². The number of rotatable bonds is 7. The molecule has 0 spiro atoms. The molecule has 3 rings (SSSR count). The number of alkyl halides is 1. The van der Waals surface area contributed by atoms with Crippen LogP contribution in [0.4, 0.5) is 11.8 Å². The van der Waals surface area contributed by atoms with E-state index in [4.69, 9.17) is 17.3 Å². The molecule has 0 aliphatic carbocycles. The maximum atomic E-state index is 12.3. The molecule has 0 atom stereocenters. The van der Waals surface area contributed by atoms with Crippen LogP contribution in [0.5, 0.6) is 0 Å². The van der Waals surface area contributed by atoms with Crippen molar-refractivity contribution in [3.8, 4) is 0 Å². The van der Waals surface area contributed by atoms with Crippen LogP contribution in [-0.4, -0.2) is 31.0 Å². The molecule has 25 heavy (non-hydrogen) atoms. The van der Waals surface area contributed by atoms with Gasteiger partial charge in [0.15, 0.2) is 11.5 Å². The minimum absolute atomic E-state index is 0.246. The van der Waals surface area contributed by atoms with Gasteiger partial charge in [0, 0.05) is 12.7 Å². The minimum Gasteiger partial charge on any atom is -0.382 e. The minimum atomic E-state index is -0.289. The molecule has 0 aliphatic heterocycles. The van der Waals surface area contributed by atoms with Crippen LogP contribution in [0.3, 0.4) is 0 Å². The summed E-state index contributed by atoms with van der Waals surface area (Å²) in [4.78, 5) is 27.9. The summed E-state index contributed by atoms with van der Waals surface area (Å²) in [6, 6.07) is 3.73. The molecule has 4 N–H and O–H groups in total. The summed E-state index contributed by atoms with van der Waals surface area (Å²) in [5, 5.41) is 3.14. The summed E-state index contributed by atoms with van der Waals surface area (Å²) < 4.78 is 1.52. The normalized spacial score (nSPS) is 11.1. The van der Waals surface area contributed by atoms with E-state index in [0.717, 1.165) is 30.6 Å². The third kappa shape index (κ3) is 3.74. The summed E-state index contributed by atoms with van der Waals surface area (Å²) in [5.41, 5.74) is 8.25. The number of H-pyrrole nitrogens is 1. The monoisotopic (exact) mass is 361 g/mol. The lowest BCUT2D eigenvalue weighted by Crippen LogP contribution is -2.18. The fraction of sp³-hybridized carbons (Fsp3) is 0.375. The van der Waals surface area contributed by atoms with Gasteiger partial charge in [-0.1, -0.05) is 19.4 Å². The third-order valence-electron chi connectivity index (χ3n) is 3.83. The SMILES string of the molecule is CCCCNc1nc(N)c2[nH]c(=O)n(Cc3ccc(CCl)nc3)c2n1. The summed E-state index contributed by atoms with van der Waals surface area (Å²) >= 11 is 5.75. The number of nitrogen functional groups attached to an aromatic ring is 1. The van der Waals surface area contributed by atoms with E-state index in [0.29, 0.717) is 29.5 Å². The number of fused-ring (bicyclic) bond motifs is 1. The van der Waals surface area contributed by atoms with Crippen molar-refractivity contribution >= 4 is 34.5 Å². The summed E-state index contributed by atoms with van der Waals surface area (Å²) in [6.07, 6.45) is 3.76. The first-order chi connectivity index (χ1) is 12.1. The predicted octanol–water partition coefficient (Wildman–Crippen LogP) is 2.10. The average molecular weight is 362 g/mol. The first-order valence-corrected chi connectivity index (χ1v) is 8.65. The largest absolute Gasteiger partial charge is 0.382 e. The Balaban J connectivity index is 1.95. The van der Waals surface area contributed by atoms with Gasteiger partial charge in [0.25, 0.3) is 0 Å². The van der Waals surface area contributed by atoms with E-state index in [-0.39, 0.29) is 11.5 Å². The van der Waals surface area contributed by atoms with Gasteiger partial charge in [-0.15, -0.1) is 11.6 Å². The average Bonchev–Trinajstić information content (AvgIpc) is 2.93. The van der Waals surface area contributed by atoms with Crippen molar-refractivity contribution in [3.63, 3.8) is 0 Å². The Bertz CT molecular complexity index is 917. The van der Waals surface area contributed by atoms with E-state index >= 15 is 0 Å². The van der Waals surface area contributed by atoms with E-state index in [9.17, 15) is 4.79 Å². The van der Waals surface area contributed by atoms with E-state index in [1.807, 2.05) is 12.1 Å². The second-order valence-electron chi connectivity index (χ2n) is 5.72. The highest BCUT2D eigenvalue weighted by molar-refractivity contribution is 6.16. The number of pyridine rings is 1. The molecule has 0 saturated carbocycles. The van der Waals surface area contributed by atoms with Crippen molar-refractivity contribution in [2.45, 2.75) is 32.2 Å². The quantitative estimate of drug-likeness (QED) is 0.438. The highest BCUT2D eigenvalue weighted by atomic mass is 35.5. The molecule has 0 saturated heterocycles. The number of unbranched alkanes of at least 4 members (excludes halogenated alkanes) is 1. The number of halogens is 1. The third-order valence-corrected chi connectivity index (χ3v) is 4.10. The molecule has 3 heterocycles. The zero-order valence-electron chi connectivity index (χ0n) is 13.9. The van der Waals surface area contributed by atoms with Gasteiger partial charge >= 0.3 is 5.69 Å². The molecular weight excluding hydrogens is 342 g/mol. The molecule has 132 valence electrons. The Morgan fingerprint density at radius 3 is 2.88 bits per heavy atom. The van der Waals surface area contributed by atoms with E-state index in [2.05, 4.69) is 32.2 Å². The van der Waals surface area contributed by atoms with Crippen LogP contribution in [0.15, 0.2) is 23.1 Å². The Kier molecular flexibility index (Phi) is 5.18. The number of hydrogen-bond acceptors (Lipinski definition) is 6. The van der Waals surface area contributed by atoms with Gasteiger partial charge in [0.1, 0.15) is 5.52 Å². The first-order valence-electron chi connectivity index (χ1n) is 8.12. The second-order valence-corrected chi connectivity index (χ2v) is 5.99. The fourth-order valence-electron chi connectivity index (χ4n) is 2.46. The van der Waals surface area contributed by atoms with Crippen molar-refractivity contribution in [1.82, 2.24) is 24.5 Å². The Morgan fingerprint density at radius 2 is 2.20 bits per heavy atom. The van der Waals surface area contributed by atoms with Gasteiger partial charge in [-0.05, 0) is 18.1 Å². The van der Waals surface area contributed by atoms with Crippen LogP contribution in [0.2, 0.25) is 0 Å². The van der Waals surface area contributed by atoms with Crippen molar-refractivity contribution < 1.29 is 0 Å². The van der Waals surface area contributed by atoms with Crippen LogP contribution in [0, 0.1) is 0 Å². The zero-order chi connectivity index (χ0) is 17.8. The number of hydrogen-bond donors (Lipinski definition) is 3. The molecule has 0 fully saturated rings. The van der Waals surface area contributed by atoms with Gasteiger partial charge < -0.3 is 16.0 Å². The number of nitrogens with one attached hydrogen (secondary N) is 2. The van der Waals surface area contributed by atoms with Crippen LogP contribution < -0.4 is 16.7 Å². The lowest BCUT2D eigenvalue weighted by atomic mass is 10.2. The number of nitrogens with zero attached hydrogens (tertiary/aromatic N) is 4. The Morgan fingerprint density at radius 1 is 1.36 bits per heavy atom. The molecule has 0 amide bonds. The van der Waals surface area contributed by atoms with Crippen molar-refractivity contribution in [2.75, 3.05) is 17.6 Å². The van der Waals surface area contributed by atoms with Gasteiger partial charge in [-0.25, -0.2) is 4.79 Å². The summed E-state index contributed by atoms with van der Waals surface area (Å²) in [7, 11) is 0. The number of aromatic nitrogens is 5. The smallest absolute Gasteiger partial charge is 0.328 e. The molecule has 0 unspecified atom stereocenters. The molecule has 8 nitrogen and oxygen atoms in total. The molecule has 0 radical (unpaired) electrons. The Hall–Kier alpha value is -2.61. The molecule has 0 aromatic carbocycles. The highest BCUT2D eigenvalue weighted by Crippen LogP contribution is 2.17. The van der Waals surface area contributed by atoms with E-state index in [1.54, 1.807) is 6.20 Å². The van der Waals surface area contributed by atoms with Crippen LogP contribution in [-0.2, 0) is 12.4 Å². The summed E-state index contributed by atoms with van der Waals surface area (Å²) in [6.45, 7) is 3.19. The lowest BCUT2D eigenvalue weighted by Gasteiger charge is -2.07. The molecule has 9 heteroatoms. The van der Waals surface area contributed by atoms with Gasteiger partial charge in [0.2, 0.25) is 5.95 Å². The van der Waals surface area contributed by atoms with Crippen LogP contribution >= 0.6 is 11.6 Å². The molecular formula is C16H20ClN7O. The topological polar surface area (TPSA) is 115 Å². The van der Waals surface area contributed by atoms with Gasteiger partial charge in [-0.3, -0.25) is 9.55 Å². The summed E-state index contributed by atoms with van der Waals surface area (Å²) in [5.74, 6) is 1.02. The number of aromatic amines is 1. The zero-order valence-corrected chi connectivity index (χ0v) is 14.7. The van der Waals surface area contributed by atoms with E-state index in [1.165, 1.54) is 4.57 Å². The predicted molar refractivity (Wildman–Crippen MR) is 98.9 cm³/mol. The molecule has 0 bridgehead atoms. The Labute approximate surface area is 149 Å². The maximum absolute atomic E-state index is 12.3. The maximum Gasteiger partial charge on any atom is 0.328 e.